The average Bonchev–Trinajstić information content (AvgIpc) is 2.91. The Hall–Kier alpha value is -1.56. The zero-order valence-electron chi connectivity index (χ0n) is 10.8. The molecule has 6 heteroatoms. The fraction of sp³-hybridized carbons (Fsp3) is 0.357. The van der Waals surface area contributed by atoms with Gasteiger partial charge in [0.15, 0.2) is 5.76 Å². The van der Waals surface area contributed by atoms with E-state index >= 15 is 0 Å². The van der Waals surface area contributed by atoms with E-state index in [1.807, 2.05) is 0 Å². The lowest BCUT2D eigenvalue weighted by molar-refractivity contribution is 0.0572. The van der Waals surface area contributed by atoms with Crippen molar-refractivity contribution in [3.05, 3.63) is 34.5 Å². The van der Waals surface area contributed by atoms with Crippen LogP contribution in [0.15, 0.2) is 22.6 Å². The Morgan fingerprint density at radius 1 is 1.35 bits per heavy atom. The summed E-state index contributed by atoms with van der Waals surface area (Å²) in [5.41, 5.74) is 1.30. The first-order valence-corrected chi connectivity index (χ1v) is 6.69. The fourth-order valence-electron chi connectivity index (χ4n) is 2.48. The SMILES string of the molecule is Cc1c(C(=O)N2CC(O)C(O)C2)oc2ccc(Cl)cc12. The third kappa shape index (κ3) is 2.08. The number of nitrogens with zero attached hydrogens (tertiary/aromatic N) is 1. The molecule has 1 saturated heterocycles. The van der Waals surface area contributed by atoms with Gasteiger partial charge in [-0.2, -0.15) is 0 Å². The van der Waals surface area contributed by atoms with Gasteiger partial charge in [0.2, 0.25) is 0 Å². The zero-order valence-corrected chi connectivity index (χ0v) is 11.6. The summed E-state index contributed by atoms with van der Waals surface area (Å²) in [6, 6.07) is 5.17. The minimum absolute atomic E-state index is 0.108. The standard InChI is InChI=1S/C14H14ClNO4/c1-7-9-4-8(15)2-3-12(9)20-13(7)14(19)16-5-10(17)11(18)6-16/h2-4,10-11,17-18H,5-6H2,1H3. The number of hydrogen-bond donors (Lipinski definition) is 2. The van der Waals surface area contributed by atoms with E-state index in [9.17, 15) is 15.0 Å². The molecule has 0 radical (unpaired) electrons. The third-order valence-electron chi connectivity index (χ3n) is 3.64. The maximum absolute atomic E-state index is 12.4. The van der Waals surface area contributed by atoms with Crippen LogP contribution in [0.25, 0.3) is 11.0 Å². The molecule has 1 aromatic heterocycles. The van der Waals surface area contributed by atoms with Crippen molar-refractivity contribution in [3.8, 4) is 0 Å². The van der Waals surface area contributed by atoms with Crippen molar-refractivity contribution in [2.24, 2.45) is 0 Å². The number of fused-ring (bicyclic) bond motifs is 1. The number of aliphatic hydroxyl groups is 2. The Kier molecular flexibility index (Phi) is 3.20. The summed E-state index contributed by atoms with van der Waals surface area (Å²) < 4.78 is 5.59. The minimum Gasteiger partial charge on any atom is -0.451 e. The molecule has 0 saturated carbocycles. The molecule has 20 heavy (non-hydrogen) atoms. The van der Waals surface area contributed by atoms with Crippen LogP contribution in [-0.4, -0.2) is 46.3 Å². The van der Waals surface area contributed by atoms with Gasteiger partial charge in [-0.1, -0.05) is 11.6 Å². The van der Waals surface area contributed by atoms with Crippen molar-refractivity contribution in [3.63, 3.8) is 0 Å². The van der Waals surface area contributed by atoms with E-state index < -0.39 is 12.2 Å². The molecule has 5 nitrogen and oxygen atoms in total. The van der Waals surface area contributed by atoms with Gasteiger partial charge in [0.1, 0.15) is 5.58 Å². The number of aryl methyl sites for hydroxylation is 1. The van der Waals surface area contributed by atoms with Crippen LogP contribution < -0.4 is 0 Å². The van der Waals surface area contributed by atoms with Gasteiger partial charge in [-0.3, -0.25) is 4.79 Å². The lowest BCUT2D eigenvalue weighted by atomic mass is 10.1. The van der Waals surface area contributed by atoms with Crippen LogP contribution >= 0.6 is 11.6 Å². The molecule has 1 aliphatic heterocycles. The molecule has 0 aliphatic carbocycles. The molecular weight excluding hydrogens is 282 g/mol. The van der Waals surface area contributed by atoms with Gasteiger partial charge in [-0.25, -0.2) is 0 Å². The van der Waals surface area contributed by atoms with Crippen molar-refractivity contribution in [2.75, 3.05) is 13.1 Å². The van der Waals surface area contributed by atoms with Crippen LogP contribution in [0, 0.1) is 6.92 Å². The Bertz CT molecular complexity index is 671. The number of amides is 1. The zero-order chi connectivity index (χ0) is 14.4. The number of hydrogen-bond acceptors (Lipinski definition) is 4. The maximum atomic E-state index is 12.4. The van der Waals surface area contributed by atoms with E-state index in [1.165, 1.54) is 4.90 Å². The Morgan fingerprint density at radius 2 is 2.00 bits per heavy atom. The second kappa shape index (κ2) is 4.77. The molecule has 2 atom stereocenters. The summed E-state index contributed by atoms with van der Waals surface area (Å²) in [6.45, 7) is 2.01. The number of carbonyl (C=O) groups is 1. The monoisotopic (exact) mass is 295 g/mol. The van der Waals surface area contributed by atoms with E-state index in [0.717, 1.165) is 5.39 Å². The predicted octanol–water partition coefficient (Wildman–Crippen LogP) is 1.57. The average molecular weight is 296 g/mol. The Morgan fingerprint density at radius 3 is 2.65 bits per heavy atom. The maximum Gasteiger partial charge on any atom is 0.290 e. The largest absolute Gasteiger partial charge is 0.451 e. The minimum atomic E-state index is -0.905. The molecule has 106 valence electrons. The van der Waals surface area contributed by atoms with Crippen molar-refractivity contribution < 1.29 is 19.4 Å². The van der Waals surface area contributed by atoms with Crippen LogP contribution in [0.1, 0.15) is 16.1 Å². The summed E-state index contributed by atoms with van der Waals surface area (Å²) in [6.07, 6.45) is -1.81. The molecule has 2 N–H and O–H groups in total. The lowest BCUT2D eigenvalue weighted by Crippen LogP contribution is -2.29. The highest BCUT2D eigenvalue weighted by Gasteiger charge is 2.35. The molecule has 2 unspecified atom stereocenters. The summed E-state index contributed by atoms with van der Waals surface area (Å²) in [7, 11) is 0. The quantitative estimate of drug-likeness (QED) is 0.837. The van der Waals surface area contributed by atoms with Gasteiger partial charge in [0.25, 0.3) is 5.91 Å². The van der Waals surface area contributed by atoms with Crippen LogP contribution in [0.2, 0.25) is 5.02 Å². The van der Waals surface area contributed by atoms with E-state index in [1.54, 1.807) is 25.1 Å². The number of likely N-dealkylation sites (tertiary alicyclic amines) is 1. The molecule has 0 spiro atoms. The van der Waals surface area contributed by atoms with E-state index in [-0.39, 0.29) is 24.8 Å². The van der Waals surface area contributed by atoms with Gasteiger partial charge >= 0.3 is 0 Å². The number of β-amino-alcohol motifs (C(OH)–C–C–N with tert-alkyl or cyclic N) is 2. The van der Waals surface area contributed by atoms with Crippen molar-refractivity contribution >= 4 is 28.5 Å². The number of halogens is 1. The van der Waals surface area contributed by atoms with Crippen LogP contribution in [-0.2, 0) is 0 Å². The lowest BCUT2D eigenvalue weighted by Gasteiger charge is -2.13. The highest BCUT2D eigenvalue weighted by Crippen LogP contribution is 2.29. The molecule has 1 aromatic carbocycles. The summed E-state index contributed by atoms with van der Waals surface area (Å²) in [4.78, 5) is 13.8. The molecule has 2 aromatic rings. The second-order valence-electron chi connectivity index (χ2n) is 5.04. The van der Waals surface area contributed by atoms with Crippen molar-refractivity contribution in [1.29, 1.82) is 0 Å². The van der Waals surface area contributed by atoms with Crippen molar-refractivity contribution in [1.82, 2.24) is 4.90 Å². The molecule has 1 fully saturated rings. The number of rotatable bonds is 1. The molecular formula is C14H14ClNO4. The number of carbonyl (C=O) groups excluding carboxylic acids is 1. The number of furan rings is 1. The van der Waals surface area contributed by atoms with Gasteiger partial charge in [0, 0.05) is 29.1 Å². The van der Waals surface area contributed by atoms with E-state index in [4.69, 9.17) is 16.0 Å². The van der Waals surface area contributed by atoms with Crippen LogP contribution in [0.3, 0.4) is 0 Å². The highest BCUT2D eigenvalue weighted by atomic mass is 35.5. The summed E-state index contributed by atoms with van der Waals surface area (Å²) >= 11 is 5.94. The first-order valence-electron chi connectivity index (χ1n) is 6.31. The molecule has 0 bridgehead atoms. The Labute approximate surface area is 120 Å². The van der Waals surface area contributed by atoms with Crippen molar-refractivity contribution in [2.45, 2.75) is 19.1 Å². The summed E-state index contributed by atoms with van der Waals surface area (Å²) in [5.74, 6) is -0.103. The highest BCUT2D eigenvalue weighted by molar-refractivity contribution is 6.31. The fourth-order valence-corrected chi connectivity index (χ4v) is 2.65. The topological polar surface area (TPSA) is 73.9 Å². The second-order valence-corrected chi connectivity index (χ2v) is 5.48. The number of benzene rings is 1. The van der Waals surface area contributed by atoms with E-state index in [0.29, 0.717) is 16.2 Å². The van der Waals surface area contributed by atoms with Crippen LogP contribution in [0.4, 0.5) is 0 Å². The first-order chi connectivity index (χ1) is 9.47. The van der Waals surface area contributed by atoms with Gasteiger partial charge in [0.05, 0.1) is 12.2 Å². The van der Waals surface area contributed by atoms with E-state index in [2.05, 4.69) is 0 Å². The molecule has 3 rings (SSSR count). The smallest absolute Gasteiger partial charge is 0.290 e. The third-order valence-corrected chi connectivity index (χ3v) is 3.87. The molecule has 2 heterocycles. The summed E-state index contributed by atoms with van der Waals surface area (Å²) in [5, 5.41) is 20.4. The van der Waals surface area contributed by atoms with Gasteiger partial charge in [-0.05, 0) is 25.1 Å². The first kappa shape index (κ1) is 13.4. The van der Waals surface area contributed by atoms with Crippen LogP contribution in [0.5, 0.6) is 0 Å². The molecule has 1 amide bonds. The number of aliphatic hydroxyl groups excluding tert-OH is 2. The molecule has 1 aliphatic rings. The normalized spacial score (nSPS) is 22.7. The van der Waals surface area contributed by atoms with Gasteiger partial charge in [-0.15, -0.1) is 0 Å². The Balaban J connectivity index is 1.98. The predicted molar refractivity (Wildman–Crippen MR) is 73.9 cm³/mol. The van der Waals surface area contributed by atoms with Gasteiger partial charge < -0.3 is 19.5 Å².